The van der Waals surface area contributed by atoms with Crippen molar-refractivity contribution in [1.82, 2.24) is 10.3 Å². The Labute approximate surface area is 79.8 Å². The van der Waals surface area contributed by atoms with Crippen molar-refractivity contribution in [2.24, 2.45) is 0 Å². The fraction of sp³-hybridized carbons (Fsp3) is 0.111. The minimum absolute atomic E-state index is 0.140. The van der Waals surface area contributed by atoms with E-state index in [2.05, 4.69) is 10.3 Å². The van der Waals surface area contributed by atoms with Crippen molar-refractivity contribution in [1.29, 1.82) is 0 Å². The smallest absolute Gasteiger partial charge is 0.275 e. The first-order valence-corrected chi connectivity index (χ1v) is 4.87. The molecule has 0 aromatic carbocycles. The molecular formula is C9H8N2OS. The zero-order valence-electron chi connectivity index (χ0n) is 6.86. The lowest BCUT2D eigenvalue weighted by molar-refractivity contribution is 0.0963. The van der Waals surface area contributed by atoms with Gasteiger partial charge in [0, 0.05) is 11.1 Å². The molecule has 1 N–H and O–H groups in total. The molecule has 2 rings (SSSR count). The van der Waals surface area contributed by atoms with Crippen LogP contribution in [0.1, 0.15) is 16.9 Å². The average Bonchev–Trinajstić information content (AvgIpc) is 2.74. The van der Waals surface area contributed by atoms with E-state index in [1.165, 1.54) is 11.3 Å². The minimum Gasteiger partial charge on any atom is -0.321 e. The predicted octanol–water partition coefficient (Wildman–Crippen LogP) is 1.72. The van der Waals surface area contributed by atoms with E-state index in [4.69, 9.17) is 0 Å². The summed E-state index contributed by atoms with van der Waals surface area (Å²) in [5.74, 6) is -0.140. The Balaban J connectivity index is 2.03. The number of amides is 1. The van der Waals surface area contributed by atoms with Crippen LogP contribution in [0.3, 0.4) is 0 Å². The topological polar surface area (TPSA) is 42.0 Å². The van der Waals surface area contributed by atoms with Crippen molar-refractivity contribution in [2.75, 3.05) is 0 Å². The van der Waals surface area contributed by atoms with Crippen LogP contribution in [0.2, 0.25) is 0 Å². The number of aromatic nitrogens is 1. The predicted molar refractivity (Wildman–Crippen MR) is 51.4 cm³/mol. The molecule has 1 aromatic rings. The molecule has 0 saturated heterocycles. The quantitative estimate of drug-likeness (QED) is 0.775. The SMILES string of the molecule is O=C(NC1=CCC=C1)c1cscn1. The first-order chi connectivity index (χ1) is 6.36. The largest absolute Gasteiger partial charge is 0.321 e. The number of hydrogen-bond acceptors (Lipinski definition) is 3. The Hall–Kier alpha value is -1.42. The van der Waals surface area contributed by atoms with Crippen molar-refractivity contribution in [3.05, 3.63) is 40.5 Å². The maximum Gasteiger partial charge on any atom is 0.275 e. The van der Waals surface area contributed by atoms with Gasteiger partial charge in [-0.25, -0.2) is 4.98 Å². The van der Waals surface area contributed by atoms with E-state index in [-0.39, 0.29) is 5.91 Å². The number of allylic oxidation sites excluding steroid dienone is 3. The van der Waals surface area contributed by atoms with Crippen LogP contribution in [0.15, 0.2) is 34.8 Å². The third-order valence-corrected chi connectivity index (χ3v) is 2.28. The van der Waals surface area contributed by atoms with Gasteiger partial charge in [0.1, 0.15) is 5.69 Å². The lowest BCUT2D eigenvalue weighted by Gasteiger charge is -2.00. The molecule has 0 fully saturated rings. The second-order valence-electron chi connectivity index (χ2n) is 2.63. The van der Waals surface area contributed by atoms with Gasteiger partial charge >= 0.3 is 0 Å². The highest BCUT2D eigenvalue weighted by Crippen LogP contribution is 2.07. The maximum atomic E-state index is 11.4. The van der Waals surface area contributed by atoms with Crippen LogP contribution in [0.4, 0.5) is 0 Å². The Morgan fingerprint density at radius 2 is 2.54 bits per heavy atom. The van der Waals surface area contributed by atoms with Crippen LogP contribution in [-0.4, -0.2) is 10.9 Å². The molecule has 3 nitrogen and oxygen atoms in total. The molecular weight excluding hydrogens is 184 g/mol. The van der Waals surface area contributed by atoms with E-state index >= 15 is 0 Å². The summed E-state index contributed by atoms with van der Waals surface area (Å²) in [7, 11) is 0. The van der Waals surface area contributed by atoms with Crippen molar-refractivity contribution in [3.63, 3.8) is 0 Å². The van der Waals surface area contributed by atoms with Gasteiger partial charge in [-0.05, 0) is 12.5 Å². The number of rotatable bonds is 2. The van der Waals surface area contributed by atoms with Gasteiger partial charge in [-0.3, -0.25) is 4.79 Å². The molecule has 0 aliphatic heterocycles. The van der Waals surface area contributed by atoms with Gasteiger partial charge in [0.25, 0.3) is 5.91 Å². The second kappa shape index (κ2) is 3.53. The molecule has 13 heavy (non-hydrogen) atoms. The van der Waals surface area contributed by atoms with Gasteiger partial charge in [0.15, 0.2) is 0 Å². The van der Waals surface area contributed by atoms with Crippen LogP contribution >= 0.6 is 11.3 Å². The van der Waals surface area contributed by atoms with E-state index < -0.39 is 0 Å². The molecule has 0 bridgehead atoms. The number of carbonyl (C=O) groups is 1. The summed E-state index contributed by atoms with van der Waals surface area (Å²) in [5, 5.41) is 4.49. The molecule has 0 radical (unpaired) electrons. The molecule has 1 aromatic heterocycles. The first-order valence-electron chi connectivity index (χ1n) is 3.92. The molecule has 66 valence electrons. The summed E-state index contributed by atoms with van der Waals surface area (Å²) in [4.78, 5) is 15.3. The van der Waals surface area contributed by atoms with E-state index in [0.717, 1.165) is 12.1 Å². The van der Waals surface area contributed by atoms with Crippen molar-refractivity contribution in [3.8, 4) is 0 Å². The second-order valence-corrected chi connectivity index (χ2v) is 3.34. The first kappa shape index (κ1) is 8.19. The summed E-state index contributed by atoms with van der Waals surface area (Å²) < 4.78 is 0. The summed E-state index contributed by atoms with van der Waals surface area (Å²) in [5.41, 5.74) is 2.98. The number of thiazole rings is 1. The van der Waals surface area contributed by atoms with Crippen molar-refractivity contribution in [2.45, 2.75) is 6.42 Å². The van der Waals surface area contributed by atoms with Crippen LogP contribution in [0, 0.1) is 0 Å². The minimum atomic E-state index is -0.140. The van der Waals surface area contributed by atoms with E-state index in [1.54, 1.807) is 10.9 Å². The number of nitrogens with zero attached hydrogens (tertiary/aromatic N) is 1. The van der Waals surface area contributed by atoms with Gasteiger partial charge < -0.3 is 5.32 Å². The van der Waals surface area contributed by atoms with E-state index in [1.807, 2.05) is 18.2 Å². The molecule has 1 aliphatic rings. The lowest BCUT2D eigenvalue weighted by atomic mass is 10.4. The van der Waals surface area contributed by atoms with Gasteiger partial charge in [0.05, 0.1) is 5.51 Å². The molecule has 1 heterocycles. The highest BCUT2D eigenvalue weighted by atomic mass is 32.1. The summed E-state index contributed by atoms with van der Waals surface area (Å²) >= 11 is 1.42. The fourth-order valence-corrected chi connectivity index (χ4v) is 1.60. The summed E-state index contributed by atoms with van der Waals surface area (Å²) in [6.07, 6.45) is 6.75. The van der Waals surface area contributed by atoms with E-state index in [9.17, 15) is 4.79 Å². The monoisotopic (exact) mass is 192 g/mol. The van der Waals surface area contributed by atoms with Crippen LogP contribution in [0.5, 0.6) is 0 Å². The normalized spacial score (nSPS) is 14.3. The van der Waals surface area contributed by atoms with E-state index in [0.29, 0.717) is 5.69 Å². The van der Waals surface area contributed by atoms with Crippen molar-refractivity contribution >= 4 is 17.2 Å². The van der Waals surface area contributed by atoms with Crippen molar-refractivity contribution < 1.29 is 4.79 Å². The Morgan fingerprint density at radius 1 is 1.62 bits per heavy atom. The number of carbonyl (C=O) groups excluding carboxylic acids is 1. The van der Waals surface area contributed by atoms with Gasteiger partial charge in [-0.2, -0.15) is 0 Å². The van der Waals surface area contributed by atoms with Gasteiger partial charge in [-0.15, -0.1) is 11.3 Å². The molecule has 0 saturated carbocycles. The molecule has 0 spiro atoms. The fourth-order valence-electron chi connectivity index (χ4n) is 1.07. The Morgan fingerprint density at radius 3 is 3.15 bits per heavy atom. The third kappa shape index (κ3) is 1.84. The maximum absolute atomic E-state index is 11.4. The molecule has 1 aliphatic carbocycles. The lowest BCUT2D eigenvalue weighted by Crippen LogP contribution is -2.21. The zero-order chi connectivity index (χ0) is 9.10. The highest BCUT2D eigenvalue weighted by Gasteiger charge is 2.08. The Kier molecular flexibility index (Phi) is 2.23. The number of hydrogen-bond donors (Lipinski definition) is 1. The highest BCUT2D eigenvalue weighted by molar-refractivity contribution is 7.07. The standard InChI is InChI=1S/C9H8N2OS/c12-9(8-5-13-6-10-8)11-7-3-1-2-4-7/h1,3-6H,2H2,(H,11,12). The van der Waals surface area contributed by atoms with Gasteiger partial charge in [0.2, 0.25) is 0 Å². The molecule has 1 amide bonds. The summed E-state index contributed by atoms with van der Waals surface area (Å²) in [6, 6.07) is 0. The molecule has 0 unspecified atom stereocenters. The average molecular weight is 192 g/mol. The Bertz CT molecular complexity index is 365. The van der Waals surface area contributed by atoms with Gasteiger partial charge in [-0.1, -0.05) is 12.2 Å². The zero-order valence-corrected chi connectivity index (χ0v) is 7.67. The number of nitrogens with one attached hydrogen (secondary N) is 1. The molecule has 4 heteroatoms. The van der Waals surface area contributed by atoms with Crippen LogP contribution < -0.4 is 5.32 Å². The summed E-state index contributed by atoms with van der Waals surface area (Å²) in [6.45, 7) is 0. The van der Waals surface area contributed by atoms with Crippen LogP contribution in [0.25, 0.3) is 0 Å². The molecule has 0 atom stereocenters. The van der Waals surface area contributed by atoms with Crippen LogP contribution in [-0.2, 0) is 0 Å². The third-order valence-electron chi connectivity index (χ3n) is 1.69.